The minimum absolute atomic E-state index is 0.233. The van der Waals surface area contributed by atoms with Crippen LogP contribution in [0.25, 0.3) is 11.2 Å². The number of fused-ring (bicyclic) bond motifs is 2. The van der Waals surface area contributed by atoms with Gasteiger partial charge in [0, 0.05) is 22.5 Å². The van der Waals surface area contributed by atoms with Crippen LogP contribution in [0.15, 0.2) is 33.0 Å². The number of hydrogen-bond donors (Lipinski definition) is 2. The first-order valence-corrected chi connectivity index (χ1v) is 11.7. The van der Waals surface area contributed by atoms with Gasteiger partial charge in [-0.1, -0.05) is 9.97 Å². The molecule has 1 fully saturated rings. The van der Waals surface area contributed by atoms with E-state index in [9.17, 15) is 4.79 Å². The molecule has 162 valence electrons. The van der Waals surface area contributed by atoms with Gasteiger partial charge in [-0.2, -0.15) is 0 Å². The SMILES string of the molecule is Nc1nc[n+](CCC2CCN(C=O)CC2)c2nc(Sc3cc4c(cc3Br)OCO4)[nH]c12. The highest BCUT2D eigenvalue weighted by atomic mass is 79.9. The van der Waals surface area contributed by atoms with Crippen molar-refractivity contribution < 1.29 is 18.8 Å². The van der Waals surface area contributed by atoms with Crippen LogP contribution in [-0.4, -0.2) is 46.1 Å². The molecule has 31 heavy (non-hydrogen) atoms. The maximum Gasteiger partial charge on any atom is 0.294 e. The number of nitrogens with one attached hydrogen (secondary N) is 1. The number of likely N-dealkylation sites (tertiary alicyclic amines) is 1. The van der Waals surface area contributed by atoms with Gasteiger partial charge in [0.15, 0.2) is 17.0 Å². The summed E-state index contributed by atoms with van der Waals surface area (Å²) >= 11 is 5.08. The number of ether oxygens (including phenoxy) is 2. The minimum atomic E-state index is 0.233. The van der Waals surface area contributed by atoms with Gasteiger partial charge in [-0.15, -0.1) is 0 Å². The Kier molecular flexibility index (Phi) is 5.61. The van der Waals surface area contributed by atoms with Gasteiger partial charge in [0.1, 0.15) is 0 Å². The van der Waals surface area contributed by atoms with Crippen molar-refractivity contribution >= 4 is 51.1 Å². The summed E-state index contributed by atoms with van der Waals surface area (Å²) in [6.45, 7) is 2.71. The number of aromatic amines is 1. The van der Waals surface area contributed by atoms with Crippen molar-refractivity contribution in [1.82, 2.24) is 19.9 Å². The van der Waals surface area contributed by atoms with Crippen molar-refractivity contribution in [2.45, 2.75) is 35.9 Å². The number of nitrogen functional groups attached to an aromatic ring is 1. The molecule has 2 aliphatic heterocycles. The van der Waals surface area contributed by atoms with E-state index in [1.165, 1.54) is 11.8 Å². The van der Waals surface area contributed by atoms with Crippen molar-refractivity contribution in [3.63, 3.8) is 0 Å². The molecular formula is C20H22BrN6O3S+. The lowest BCUT2D eigenvalue weighted by molar-refractivity contribution is -0.677. The molecule has 9 nitrogen and oxygen atoms in total. The number of carbonyl (C=O) groups excluding carboxylic acids is 1. The van der Waals surface area contributed by atoms with E-state index in [0.29, 0.717) is 11.7 Å². The first kappa shape index (κ1) is 20.4. The highest BCUT2D eigenvalue weighted by Crippen LogP contribution is 2.42. The van der Waals surface area contributed by atoms with Gasteiger partial charge in [-0.05, 0) is 65.0 Å². The van der Waals surface area contributed by atoms with Crippen molar-refractivity contribution in [3.05, 3.63) is 22.9 Å². The number of H-pyrrole nitrogens is 1. The molecule has 0 atom stereocenters. The van der Waals surface area contributed by atoms with Gasteiger partial charge >= 0.3 is 0 Å². The number of hydrogen-bond acceptors (Lipinski definition) is 7. The number of anilines is 1. The van der Waals surface area contributed by atoms with Crippen LogP contribution < -0.4 is 19.8 Å². The fourth-order valence-electron chi connectivity index (χ4n) is 3.94. The molecule has 0 radical (unpaired) electrons. The Hall–Kier alpha value is -2.53. The van der Waals surface area contributed by atoms with E-state index in [1.807, 2.05) is 21.6 Å². The summed E-state index contributed by atoms with van der Waals surface area (Å²) in [6, 6.07) is 3.84. The van der Waals surface area contributed by atoms with Crippen LogP contribution in [0.4, 0.5) is 5.82 Å². The topological polar surface area (TPSA) is 110 Å². The van der Waals surface area contributed by atoms with Gasteiger partial charge in [0.25, 0.3) is 5.65 Å². The second-order valence-corrected chi connectivity index (χ2v) is 9.56. The number of halogens is 1. The molecule has 2 aliphatic rings. The van der Waals surface area contributed by atoms with Crippen molar-refractivity contribution in [1.29, 1.82) is 0 Å². The van der Waals surface area contributed by atoms with Crippen LogP contribution in [0, 0.1) is 5.92 Å². The fraction of sp³-hybridized carbons (Fsp3) is 0.400. The lowest BCUT2D eigenvalue weighted by Crippen LogP contribution is -2.38. The lowest BCUT2D eigenvalue weighted by atomic mass is 9.94. The molecule has 5 rings (SSSR count). The summed E-state index contributed by atoms with van der Waals surface area (Å²) in [5.74, 6) is 2.47. The van der Waals surface area contributed by atoms with Crippen molar-refractivity contribution in [2.24, 2.45) is 5.92 Å². The number of carbonyl (C=O) groups is 1. The van der Waals surface area contributed by atoms with Crippen LogP contribution in [0.3, 0.4) is 0 Å². The van der Waals surface area contributed by atoms with E-state index in [4.69, 9.17) is 20.2 Å². The molecule has 1 amide bonds. The number of aromatic nitrogens is 4. The third-order valence-electron chi connectivity index (χ3n) is 5.74. The average molecular weight is 506 g/mol. The standard InChI is InChI=1S/C20H21BrN6O3S/c21-13-7-14-15(30-11-29-14)8-16(13)31-20-24-17-18(22)23-9-27(19(17)25-20)6-3-12-1-4-26(10-28)5-2-12/h7-10,12H,1-6,11H2,(H2,22,24,25)/p+1. The summed E-state index contributed by atoms with van der Waals surface area (Å²) in [5, 5.41) is 0.724. The van der Waals surface area contributed by atoms with E-state index < -0.39 is 0 Å². The van der Waals surface area contributed by atoms with Crippen LogP contribution in [0.2, 0.25) is 0 Å². The molecule has 3 aromatic rings. The molecule has 0 spiro atoms. The van der Waals surface area contributed by atoms with Crippen molar-refractivity contribution in [3.8, 4) is 11.5 Å². The summed E-state index contributed by atoms with van der Waals surface area (Å²) in [7, 11) is 0. The molecule has 1 saturated heterocycles. The molecule has 11 heteroatoms. The third kappa shape index (κ3) is 4.16. The molecule has 2 aromatic heterocycles. The zero-order valence-corrected chi connectivity index (χ0v) is 19.1. The second kappa shape index (κ2) is 8.54. The first-order chi connectivity index (χ1) is 15.1. The molecular weight excluding hydrogens is 484 g/mol. The van der Waals surface area contributed by atoms with Crippen LogP contribution in [0.5, 0.6) is 11.5 Å². The Morgan fingerprint density at radius 1 is 1.32 bits per heavy atom. The predicted octanol–water partition coefficient (Wildman–Crippen LogP) is 2.73. The smallest absolute Gasteiger partial charge is 0.294 e. The van der Waals surface area contributed by atoms with Gasteiger partial charge in [0.2, 0.25) is 30.5 Å². The highest BCUT2D eigenvalue weighted by Gasteiger charge is 2.23. The number of benzene rings is 1. The predicted molar refractivity (Wildman–Crippen MR) is 118 cm³/mol. The second-order valence-electron chi connectivity index (χ2n) is 7.68. The number of imidazole rings is 1. The molecule has 0 bridgehead atoms. The van der Waals surface area contributed by atoms with Crippen LogP contribution in [-0.2, 0) is 11.3 Å². The summed E-state index contributed by atoms with van der Waals surface area (Å²) in [5.41, 5.74) is 7.64. The average Bonchev–Trinajstić information content (AvgIpc) is 3.41. The Bertz CT molecular complexity index is 1130. The summed E-state index contributed by atoms with van der Waals surface area (Å²) in [4.78, 5) is 26.2. The molecule has 4 heterocycles. The summed E-state index contributed by atoms with van der Waals surface area (Å²) in [6.07, 6.45) is 5.78. The quantitative estimate of drug-likeness (QED) is 0.391. The Labute approximate surface area is 191 Å². The molecule has 0 unspecified atom stereocenters. The normalized spacial score (nSPS) is 16.2. The highest BCUT2D eigenvalue weighted by molar-refractivity contribution is 9.10. The Morgan fingerprint density at radius 3 is 2.87 bits per heavy atom. The lowest BCUT2D eigenvalue weighted by Gasteiger charge is -2.28. The fourth-order valence-corrected chi connectivity index (χ4v) is 5.32. The molecule has 3 N–H and O–H groups in total. The van der Waals surface area contributed by atoms with Crippen LogP contribution >= 0.6 is 27.7 Å². The Morgan fingerprint density at radius 2 is 2.10 bits per heavy atom. The van der Waals surface area contributed by atoms with E-state index in [1.54, 1.807) is 6.33 Å². The Balaban J connectivity index is 1.35. The maximum absolute atomic E-state index is 10.9. The van der Waals surface area contributed by atoms with Crippen LogP contribution in [0.1, 0.15) is 19.3 Å². The summed E-state index contributed by atoms with van der Waals surface area (Å²) < 4.78 is 13.9. The van der Waals surface area contributed by atoms with Gasteiger partial charge in [-0.25, -0.2) is 4.57 Å². The minimum Gasteiger partial charge on any atom is -0.454 e. The largest absolute Gasteiger partial charge is 0.454 e. The van der Waals surface area contributed by atoms with Gasteiger partial charge < -0.3 is 25.1 Å². The number of nitrogens with zero attached hydrogens (tertiary/aromatic N) is 4. The monoisotopic (exact) mass is 505 g/mol. The van der Waals surface area contributed by atoms with E-state index >= 15 is 0 Å². The third-order valence-corrected chi connectivity index (χ3v) is 7.60. The number of amides is 1. The van der Waals surface area contributed by atoms with E-state index in [-0.39, 0.29) is 6.79 Å². The number of nitrogens with two attached hydrogens (primary N) is 1. The number of piperidine rings is 1. The number of rotatable bonds is 6. The molecule has 1 aromatic carbocycles. The first-order valence-electron chi connectivity index (χ1n) is 10.1. The zero-order valence-electron chi connectivity index (χ0n) is 16.7. The zero-order chi connectivity index (χ0) is 21.4. The molecule has 0 aliphatic carbocycles. The number of aryl methyl sites for hydroxylation is 1. The molecule has 0 saturated carbocycles. The van der Waals surface area contributed by atoms with Gasteiger partial charge in [0.05, 0.1) is 6.54 Å². The van der Waals surface area contributed by atoms with E-state index in [0.717, 1.165) is 82.5 Å². The van der Waals surface area contributed by atoms with Gasteiger partial charge in [-0.3, -0.25) is 4.79 Å². The van der Waals surface area contributed by atoms with Crippen molar-refractivity contribution in [2.75, 3.05) is 25.6 Å². The maximum atomic E-state index is 10.9. The van der Waals surface area contributed by atoms with E-state index in [2.05, 4.69) is 25.9 Å².